The standard InChI is InChI=1S/C16H20N4O2/c1-2-11-10-20(7-8-22-11)14-9-13(18-19-16(14)17)12-5-3-4-6-15(12)21/h3-6,9,11,21H,2,7-8,10H2,1H3,(H2,17,19)/t11-/m0/s1. The molecule has 116 valence electrons. The molecule has 6 heteroatoms. The Labute approximate surface area is 129 Å². The average Bonchev–Trinajstić information content (AvgIpc) is 2.56. The van der Waals surface area contributed by atoms with Gasteiger partial charge in [-0.25, -0.2) is 0 Å². The number of para-hydroxylation sites is 1. The van der Waals surface area contributed by atoms with E-state index >= 15 is 0 Å². The van der Waals surface area contributed by atoms with Gasteiger partial charge in [-0.05, 0) is 24.6 Å². The first-order chi connectivity index (χ1) is 10.7. The number of hydrogen-bond donors (Lipinski definition) is 2. The maximum absolute atomic E-state index is 9.98. The number of phenolic OH excluding ortho intramolecular Hbond substituents is 1. The Hall–Kier alpha value is -2.34. The van der Waals surface area contributed by atoms with Crippen LogP contribution in [0.2, 0.25) is 0 Å². The number of nitrogens with zero attached hydrogens (tertiary/aromatic N) is 3. The second-order valence-corrected chi connectivity index (χ2v) is 5.36. The van der Waals surface area contributed by atoms with Gasteiger partial charge in [-0.2, -0.15) is 0 Å². The molecule has 6 nitrogen and oxygen atoms in total. The highest BCUT2D eigenvalue weighted by atomic mass is 16.5. The van der Waals surface area contributed by atoms with E-state index < -0.39 is 0 Å². The Bertz CT molecular complexity index is 662. The van der Waals surface area contributed by atoms with Crippen molar-refractivity contribution in [2.45, 2.75) is 19.4 Å². The zero-order chi connectivity index (χ0) is 15.5. The minimum Gasteiger partial charge on any atom is -0.507 e. The third-order valence-corrected chi connectivity index (χ3v) is 3.92. The van der Waals surface area contributed by atoms with Crippen LogP contribution < -0.4 is 10.6 Å². The molecule has 0 unspecified atom stereocenters. The van der Waals surface area contributed by atoms with Crippen LogP contribution in [0.1, 0.15) is 13.3 Å². The van der Waals surface area contributed by atoms with Gasteiger partial charge in [-0.15, -0.1) is 10.2 Å². The molecule has 22 heavy (non-hydrogen) atoms. The molecule has 1 atom stereocenters. The Morgan fingerprint density at radius 1 is 1.36 bits per heavy atom. The number of aromatic nitrogens is 2. The predicted molar refractivity (Wildman–Crippen MR) is 85.8 cm³/mol. The summed E-state index contributed by atoms with van der Waals surface area (Å²) in [6.07, 6.45) is 1.16. The van der Waals surface area contributed by atoms with Crippen molar-refractivity contribution in [1.82, 2.24) is 10.2 Å². The van der Waals surface area contributed by atoms with Crippen molar-refractivity contribution in [2.75, 3.05) is 30.3 Å². The van der Waals surface area contributed by atoms with Gasteiger partial charge in [0.25, 0.3) is 0 Å². The molecule has 3 N–H and O–H groups in total. The first-order valence-corrected chi connectivity index (χ1v) is 7.47. The summed E-state index contributed by atoms with van der Waals surface area (Å²) in [6.45, 7) is 4.33. The van der Waals surface area contributed by atoms with Gasteiger partial charge in [-0.3, -0.25) is 0 Å². The molecule has 0 spiro atoms. The summed E-state index contributed by atoms with van der Waals surface area (Å²) in [5.41, 5.74) is 8.11. The first-order valence-electron chi connectivity index (χ1n) is 7.47. The number of morpholine rings is 1. The highest BCUT2D eigenvalue weighted by Crippen LogP contribution is 2.31. The van der Waals surface area contributed by atoms with Crippen LogP contribution in [0.25, 0.3) is 11.3 Å². The summed E-state index contributed by atoms with van der Waals surface area (Å²) in [6, 6.07) is 8.96. The monoisotopic (exact) mass is 300 g/mol. The number of ether oxygens (including phenoxy) is 1. The van der Waals surface area contributed by atoms with Crippen LogP contribution in [0, 0.1) is 0 Å². The van der Waals surface area contributed by atoms with E-state index in [2.05, 4.69) is 22.0 Å². The number of nitrogens with two attached hydrogens (primary N) is 1. The van der Waals surface area contributed by atoms with Crippen LogP contribution >= 0.6 is 0 Å². The number of phenols is 1. The van der Waals surface area contributed by atoms with Crippen LogP contribution in [0.15, 0.2) is 30.3 Å². The molecule has 1 aromatic heterocycles. The molecular formula is C16H20N4O2. The van der Waals surface area contributed by atoms with Gasteiger partial charge < -0.3 is 20.5 Å². The van der Waals surface area contributed by atoms with E-state index in [0.717, 1.165) is 25.2 Å². The predicted octanol–water partition coefficient (Wildman–Crippen LogP) is 2.05. The fourth-order valence-electron chi connectivity index (χ4n) is 2.65. The number of anilines is 2. The van der Waals surface area contributed by atoms with Crippen LogP contribution in [-0.4, -0.2) is 41.1 Å². The molecular weight excluding hydrogens is 280 g/mol. The molecule has 3 rings (SSSR count). The van der Waals surface area contributed by atoms with E-state index in [1.807, 2.05) is 18.2 Å². The van der Waals surface area contributed by atoms with Gasteiger partial charge >= 0.3 is 0 Å². The smallest absolute Gasteiger partial charge is 0.169 e. The Morgan fingerprint density at radius 2 is 2.18 bits per heavy atom. The molecule has 0 radical (unpaired) electrons. The average molecular weight is 300 g/mol. The Kier molecular flexibility index (Phi) is 4.11. The number of aromatic hydroxyl groups is 1. The van der Waals surface area contributed by atoms with Crippen molar-refractivity contribution in [3.8, 4) is 17.0 Å². The van der Waals surface area contributed by atoms with E-state index in [-0.39, 0.29) is 11.9 Å². The maximum atomic E-state index is 9.98. The highest BCUT2D eigenvalue weighted by molar-refractivity contribution is 5.74. The third-order valence-electron chi connectivity index (χ3n) is 3.92. The molecule has 1 aliphatic rings. The van der Waals surface area contributed by atoms with E-state index in [1.165, 1.54) is 0 Å². The summed E-state index contributed by atoms with van der Waals surface area (Å²) < 4.78 is 5.69. The van der Waals surface area contributed by atoms with Gasteiger partial charge in [-0.1, -0.05) is 19.1 Å². The molecule has 1 saturated heterocycles. The number of rotatable bonds is 3. The van der Waals surface area contributed by atoms with Gasteiger partial charge in [0.2, 0.25) is 0 Å². The summed E-state index contributed by atoms with van der Waals surface area (Å²) >= 11 is 0. The third kappa shape index (κ3) is 2.82. The highest BCUT2D eigenvalue weighted by Gasteiger charge is 2.22. The van der Waals surface area contributed by atoms with Gasteiger partial charge in [0.1, 0.15) is 5.75 Å². The lowest BCUT2D eigenvalue weighted by Crippen LogP contribution is -2.42. The summed E-state index contributed by atoms with van der Waals surface area (Å²) in [4.78, 5) is 2.17. The Morgan fingerprint density at radius 3 is 2.95 bits per heavy atom. The van der Waals surface area contributed by atoms with E-state index in [4.69, 9.17) is 10.5 Å². The number of benzene rings is 1. The van der Waals surface area contributed by atoms with Crippen LogP contribution in [-0.2, 0) is 4.74 Å². The van der Waals surface area contributed by atoms with Gasteiger partial charge in [0.15, 0.2) is 5.82 Å². The molecule has 2 aromatic rings. The Balaban J connectivity index is 1.95. The lowest BCUT2D eigenvalue weighted by molar-refractivity contribution is 0.0384. The minimum absolute atomic E-state index is 0.181. The SMILES string of the molecule is CC[C@H]1CN(c2cc(-c3ccccc3O)nnc2N)CCO1. The molecule has 0 amide bonds. The molecule has 1 aromatic carbocycles. The second kappa shape index (κ2) is 6.19. The van der Waals surface area contributed by atoms with Crippen molar-refractivity contribution < 1.29 is 9.84 Å². The van der Waals surface area contributed by atoms with E-state index in [1.54, 1.807) is 12.1 Å². The summed E-state index contributed by atoms with van der Waals surface area (Å²) in [7, 11) is 0. The van der Waals surface area contributed by atoms with Crippen molar-refractivity contribution >= 4 is 11.5 Å². The van der Waals surface area contributed by atoms with Crippen molar-refractivity contribution in [1.29, 1.82) is 0 Å². The zero-order valence-corrected chi connectivity index (χ0v) is 12.6. The van der Waals surface area contributed by atoms with Crippen LogP contribution in [0.5, 0.6) is 5.75 Å². The quantitative estimate of drug-likeness (QED) is 0.902. The summed E-state index contributed by atoms with van der Waals surface area (Å²) in [5, 5.41) is 18.1. The van der Waals surface area contributed by atoms with Gasteiger partial charge in [0.05, 0.1) is 24.1 Å². The van der Waals surface area contributed by atoms with Gasteiger partial charge in [0, 0.05) is 18.7 Å². The summed E-state index contributed by atoms with van der Waals surface area (Å²) in [5.74, 6) is 0.580. The molecule has 1 aliphatic heterocycles. The first kappa shape index (κ1) is 14.6. The lowest BCUT2D eigenvalue weighted by Gasteiger charge is -2.34. The largest absolute Gasteiger partial charge is 0.507 e. The van der Waals surface area contributed by atoms with E-state index in [9.17, 15) is 5.11 Å². The molecule has 1 fully saturated rings. The maximum Gasteiger partial charge on any atom is 0.169 e. The van der Waals surface area contributed by atoms with Crippen LogP contribution in [0.4, 0.5) is 11.5 Å². The van der Waals surface area contributed by atoms with Crippen LogP contribution in [0.3, 0.4) is 0 Å². The normalized spacial score (nSPS) is 18.4. The van der Waals surface area contributed by atoms with Crippen molar-refractivity contribution in [3.63, 3.8) is 0 Å². The fourth-order valence-corrected chi connectivity index (χ4v) is 2.65. The van der Waals surface area contributed by atoms with Crippen molar-refractivity contribution in [3.05, 3.63) is 30.3 Å². The molecule has 0 aliphatic carbocycles. The zero-order valence-electron chi connectivity index (χ0n) is 12.6. The lowest BCUT2D eigenvalue weighted by atomic mass is 10.1. The molecule has 0 bridgehead atoms. The van der Waals surface area contributed by atoms with E-state index in [0.29, 0.717) is 23.7 Å². The van der Waals surface area contributed by atoms with Crippen molar-refractivity contribution in [2.24, 2.45) is 0 Å². The number of hydrogen-bond acceptors (Lipinski definition) is 6. The molecule has 2 heterocycles. The second-order valence-electron chi connectivity index (χ2n) is 5.36. The number of nitrogen functional groups attached to an aromatic ring is 1. The molecule has 0 saturated carbocycles. The fraction of sp³-hybridized carbons (Fsp3) is 0.375. The topological polar surface area (TPSA) is 84.5 Å². The minimum atomic E-state index is 0.181.